The molecule has 0 saturated heterocycles. The van der Waals surface area contributed by atoms with Crippen LogP contribution in [0.15, 0.2) is 0 Å². The maximum atomic E-state index is 11.0. The minimum atomic E-state index is -0.858. The van der Waals surface area contributed by atoms with Gasteiger partial charge in [-0.3, -0.25) is 9.59 Å². The largest absolute Gasteiger partial charge is 0.481 e. The zero-order valence-electron chi connectivity index (χ0n) is 8.51. The number of nitrogens with one attached hydrogen (secondary N) is 2. The van der Waals surface area contributed by atoms with Crippen molar-refractivity contribution in [3.63, 3.8) is 0 Å². The Morgan fingerprint density at radius 2 is 2.00 bits per heavy atom. The van der Waals surface area contributed by atoms with E-state index in [2.05, 4.69) is 17.6 Å². The Morgan fingerprint density at radius 3 is 2.57 bits per heavy atom. The van der Waals surface area contributed by atoms with E-state index in [1.54, 1.807) is 0 Å². The fourth-order valence-corrected chi connectivity index (χ4v) is 0.864. The topological polar surface area (TPSA) is 78.4 Å². The first-order chi connectivity index (χ1) is 6.66. The van der Waals surface area contributed by atoms with Gasteiger partial charge in [0.15, 0.2) is 0 Å². The molecule has 14 heavy (non-hydrogen) atoms. The van der Waals surface area contributed by atoms with Crippen LogP contribution in [0, 0.1) is 0 Å². The number of amides is 1. The van der Waals surface area contributed by atoms with E-state index in [9.17, 15) is 9.59 Å². The number of carbonyl (C=O) groups is 2. The molecule has 82 valence electrons. The number of hydrogen-bond acceptors (Lipinski definition) is 3. The Morgan fingerprint density at radius 1 is 1.29 bits per heavy atom. The average molecular weight is 202 g/mol. The summed E-state index contributed by atoms with van der Waals surface area (Å²) < 4.78 is 0. The van der Waals surface area contributed by atoms with Crippen molar-refractivity contribution in [3.8, 4) is 0 Å². The molecule has 5 nitrogen and oxygen atoms in total. The molecular weight excluding hydrogens is 184 g/mol. The Hall–Kier alpha value is -1.10. The predicted molar refractivity (Wildman–Crippen MR) is 53.0 cm³/mol. The summed E-state index contributed by atoms with van der Waals surface area (Å²) in [6.45, 7) is 3.26. The first kappa shape index (κ1) is 12.9. The molecule has 0 atom stereocenters. The van der Waals surface area contributed by atoms with Gasteiger partial charge in [0.1, 0.15) is 0 Å². The minimum absolute atomic E-state index is 0.0439. The van der Waals surface area contributed by atoms with Crippen LogP contribution in [0.3, 0.4) is 0 Å². The lowest BCUT2D eigenvalue weighted by Crippen LogP contribution is -2.35. The van der Waals surface area contributed by atoms with Gasteiger partial charge in [-0.25, -0.2) is 0 Å². The van der Waals surface area contributed by atoms with Crippen molar-refractivity contribution in [2.75, 3.05) is 19.6 Å². The van der Waals surface area contributed by atoms with Gasteiger partial charge in [0.05, 0.1) is 13.0 Å². The molecule has 0 aromatic heterocycles. The monoisotopic (exact) mass is 202 g/mol. The highest BCUT2D eigenvalue weighted by atomic mass is 16.4. The lowest BCUT2D eigenvalue weighted by molar-refractivity contribution is -0.137. The summed E-state index contributed by atoms with van der Waals surface area (Å²) in [6, 6.07) is 0. The van der Waals surface area contributed by atoms with E-state index >= 15 is 0 Å². The number of carboxylic acid groups (broad SMARTS) is 1. The molecule has 3 N–H and O–H groups in total. The second-order valence-corrected chi connectivity index (χ2v) is 3.02. The van der Waals surface area contributed by atoms with Gasteiger partial charge in [0.2, 0.25) is 5.91 Å². The lowest BCUT2D eigenvalue weighted by Gasteiger charge is -2.04. The first-order valence-corrected chi connectivity index (χ1v) is 4.86. The predicted octanol–water partition coefficient (Wildman–Crippen LogP) is -0.0330. The summed E-state index contributed by atoms with van der Waals surface area (Å²) in [5, 5.41) is 13.8. The van der Waals surface area contributed by atoms with Crippen molar-refractivity contribution in [3.05, 3.63) is 0 Å². The van der Waals surface area contributed by atoms with Crippen LogP contribution in [0.4, 0.5) is 0 Å². The van der Waals surface area contributed by atoms with E-state index in [1.807, 2.05) is 0 Å². The fraction of sp³-hybridized carbons (Fsp3) is 0.778. The highest BCUT2D eigenvalue weighted by Crippen LogP contribution is 1.82. The number of unbranched alkanes of at least 4 members (excludes halogenated alkanes) is 1. The van der Waals surface area contributed by atoms with Crippen LogP contribution >= 0.6 is 0 Å². The number of rotatable bonds is 8. The van der Waals surface area contributed by atoms with Crippen LogP contribution in [0.25, 0.3) is 0 Å². The maximum Gasteiger partial charge on any atom is 0.304 e. The molecule has 0 aliphatic rings. The Labute approximate surface area is 83.9 Å². The van der Waals surface area contributed by atoms with E-state index in [-0.39, 0.29) is 18.9 Å². The Balaban J connectivity index is 3.22. The van der Waals surface area contributed by atoms with Crippen LogP contribution in [-0.2, 0) is 9.59 Å². The zero-order chi connectivity index (χ0) is 10.8. The van der Waals surface area contributed by atoms with E-state index in [0.717, 1.165) is 12.8 Å². The number of carboxylic acids is 1. The summed E-state index contributed by atoms with van der Waals surface area (Å²) in [4.78, 5) is 21.2. The average Bonchev–Trinajstić information content (AvgIpc) is 2.13. The first-order valence-electron chi connectivity index (χ1n) is 4.86. The van der Waals surface area contributed by atoms with Gasteiger partial charge in [0.25, 0.3) is 0 Å². The van der Waals surface area contributed by atoms with E-state index in [0.29, 0.717) is 13.1 Å². The van der Waals surface area contributed by atoms with Gasteiger partial charge in [-0.1, -0.05) is 13.3 Å². The molecule has 0 aromatic rings. The normalized spacial score (nSPS) is 9.79. The summed E-state index contributed by atoms with van der Waals surface area (Å²) in [7, 11) is 0. The van der Waals surface area contributed by atoms with Gasteiger partial charge >= 0.3 is 5.97 Å². The van der Waals surface area contributed by atoms with Crippen molar-refractivity contribution >= 4 is 11.9 Å². The number of aliphatic carboxylic acids is 1. The van der Waals surface area contributed by atoms with Crippen molar-refractivity contribution in [2.24, 2.45) is 0 Å². The molecule has 0 rings (SSSR count). The minimum Gasteiger partial charge on any atom is -0.481 e. The highest BCUT2D eigenvalue weighted by Gasteiger charge is 2.00. The lowest BCUT2D eigenvalue weighted by atomic mass is 10.3. The number of hydrogen-bond donors (Lipinski definition) is 3. The zero-order valence-corrected chi connectivity index (χ0v) is 8.51. The Kier molecular flexibility index (Phi) is 7.83. The molecule has 0 aliphatic heterocycles. The molecule has 0 aromatic carbocycles. The third kappa shape index (κ3) is 8.99. The fourth-order valence-electron chi connectivity index (χ4n) is 0.864. The SMILES string of the molecule is CCCCNC(=O)CNCCC(=O)O. The quantitative estimate of drug-likeness (QED) is 0.483. The molecule has 1 amide bonds. The summed E-state index contributed by atoms with van der Waals surface area (Å²) >= 11 is 0. The van der Waals surface area contributed by atoms with Crippen molar-refractivity contribution in [2.45, 2.75) is 26.2 Å². The summed E-state index contributed by atoms with van der Waals surface area (Å²) in [6.07, 6.45) is 2.07. The maximum absolute atomic E-state index is 11.0. The molecule has 0 radical (unpaired) electrons. The van der Waals surface area contributed by atoms with Crippen LogP contribution in [0.2, 0.25) is 0 Å². The third-order valence-electron chi connectivity index (χ3n) is 1.65. The van der Waals surface area contributed by atoms with E-state index < -0.39 is 5.97 Å². The molecule has 0 heterocycles. The van der Waals surface area contributed by atoms with Crippen LogP contribution in [0.1, 0.15) is 26.2 Å². The van der Waals surface area contributed by atoms with Gasteiger partial charge in [0, 0.05) is 13.1 Å². The highest BCUT2D eigenvalue weighted by molar-refractivity contribution is 5.78. The molecular formula is C9H18N2O3. The molecule has 0 unspecified atom stereocenters. The van der Waals surface area contributed by atoms with Crippen molar-refractivity contribution < 1.29 is 14.7 Å². The molecule has 0 saturated carbocycles. The molecule has 0 aliphatic carbocycles. The van der Waals surface area contributed by atoms with Gasteiger partial charge in [-0.15, -0.1) is 0 Å². The molecule has 5 heteroatoms. The van der Waals surface area contributed by atoms with E-state index in [1.165, 1.54) is 0 Å². The second-order valence-electron chi connectivity index (χ2n) is 3.02. The van der Waals surface area contributed by atoms with Crippen LogP contribution in [0.5, 0.6) is 0 Å². The van der Waals surface area contributed by atoms with Gasteiger partial charge in [-0.2, -0.15) is 0 Å². The van der Waals surface area contributed by atoms with Crippen molar-refractivity contribution in [1.82, 2.24) is 10.6 Å². The third-order valence-corrected chi connectivity index (χ3v) is 1.65. The molecule has 0 fully saturated rings. The summed E-state index contributed by atoms with van der Waals surface area (Å²) in [5.41, 5.74) is 0. The van der Waals surface area contributed by atoms with Crippen LogP contribution in [-0.4, -0.2) is 36.6 Å². The van der Waals surface area contributed by atoms with E-state index in [4.69, 9.17) is 5.11 Å². The number of carbonyl (C=O) groups excluding carboxylic acids is 1. The standard InChI is InChI=1S/C9H18N2O3/c1-2-3-5-11-8(12)7-10-6-4-9(13)14/h10H,2-7H2,1H3,(H,11,12)(H,13,14). The second kappa shape index (κ2) is 8.50. The summed E-state index contributed by atoms with van der Waals surface area (Å²) in [5.74, 6) is -0.937. The Bertz CT molecular complexity index is 183. The van der Waals surface area contributed by atoms with Crippen LogP contribution < -0.4 is 10.6 Å². The van der Waals surface area contributed by atoms with Gasteiger partial charge < -0.3 is 15.7 Å². The van der Waals surface area contributed by atoms with Gasteiger partial charge in [-0.05, 0) is 6.42 Å². The van der Waals surface area contributed by atoms with Crippen molar-refractivity contribution in [1.29, 1.82) is 0 Å². The smallest absolute Gasteiger partial charge is 0.304 e. The molecule has 0 bridgehead atoms. The molecule has 0 spiro atoms.